The molecular weight excluding hydrogens is 204 g/mol. The number of benzene rings is 1. The van der Waals surface area contributed by atoms with Crippen molar-refractivity contribution >= 4 is 5.91 Å². The number of carbonyl (C=O) groups excluding carboxylic acids is 1. The van der Waals surface area contributed by atoms with E-state index in [9.17, 15) is 4.79 Å². The zero-order chi connectivity index (χ0) is 11.4. The molecule has 0 bridgehead atoms. The summed E-state index contributed by atoms with van der Waals surface area (Å²) >= 11 is 0. The van der Waals surface area contributed by atoms with E-state index in [1.54, 1.807) is 12.1 Å². The molecule has 0 atom stereocenters. The van der Waals surface area contributed by atoms with Crippen LogP contribution in [0.4, 0.5) is 0 Å². The molecule has 16 heavy (non-hydrogen) atoms. The third-order valence-corrected chi connectivity index (χ3v) is 2.24. The molecule has 1 aromatic carbocycles. The molecule has 4 heteroatoms. The average Bonchev–Trinajstić information content (AvgIpc) is 2.80. The molecule has 0 fully saturated rings. The first kappa shape index (κ1) is 10.3. The number of phenols is 1. The van der Waals surface area contributed by atoms with Crippen LogP contribution in [0.2, 0.25) is 0 Å². The summed E-state index contributed by atoms with van der Waals surface area (Å²) in [7, 11) is 0. The first-order valence-corrected chi connectivity index (χ1v) is 4.94. The lowest BCUT2D eigenvalue weighted by molar-refractivity contribution is 0.0951. The quantitative estimate of drug-likeness (QED) is 0.730. The van der Waals surface area contributed by atoms with E-state index in [0.717, 1.165) is 5.56 Å². The Kier molecular flexibility index (Phi) is 2.91. The number of hydrogen-bond donors (Lipinski definition) is 3. The summed E-state index contributed by atoms with van der Waals surface area (Å²) in [6.45, 7) is 0.489. The maximum Gasteiger partial charge on any atom is 0.251 e. The van der Waals surface area contributed by atoms with Gasteiger partial charge in [0.25, 0.3) is 5.91 Å². The van der Waals surface area contributed by atoms with Gasteiger partial charge in [-0.1, -0.05) is 0 Å². The maximum absolute atomic E-state index is 11.6. The van der Waals surface area contributed by atoms with E-state index in [0.29, 0.717) is 12.1 Å². The van der Waals surface area contributed by atoms with Crippen molar-refractivity contribution < 1.29 is 9.90 Å². The number of rotatable bonds is 3. The number of carbonyl (C=O) groups is 1. The Bertz CT molecular complexity index is 460. The summed E-state index contributed by atoms with van der Waals surface area (Å²) in [6.07, 6.45) is 3.64. The van der Waals surface area contributed by atoms with Crippen LogP contribution >= 0.6 is 0 Å². The van der Waals surface area contributed by atoms with Gasteiger partial charge in [-0.2, -0.15) is 0 Å². The van der Waals surface area contributed by atoms with Gasteiger partial charge in [0, 0.05) is 24.5 Å². The highest BCUT2D eigenvalue weighted by atomic mass is 16.3. The molecule has 82 valence electrons. The van der Waals surface area contributed by atoms with Crippen LogP contribution in [-0.4, -0.2) is 16.0 Å². The second-order valence-corrected chi connectivity index (χ2v) is 3.45. The Morgan fingerprint density at radius 1 is 1.25 bits per heavy atom. The van der Waals surface area contributed by atoms with E-state index in [2.05, 4.69) is 10.3 Å². The first-order valence-electron chi connectivity index (χ1n) is 4.94. The van der Waals surface area contributed by atoms with Gasteiger partial charge in [0.15, 0.2) is 0 Å². The minimum absolute atomic E-state index is 0.152. The molecule has 4 nitrogen and oxygen atoms in total. The standard InChI is InChI=1S/C12H12N2O2/c15-11-3-1-10(2-4-11)12(16)14-8-9-5-6-13-7-9/h1-7,13,15H,8H2,(H,14,16). The number of amides is 1. The molecule has 0 aliphatic rings. The summed E-state index contributed by atoms with van der Waals surface area (Å²) in [6, 6.07) is 8.05. The highest BCUT2D eigenvalue weighted by molar-refractivity contribution is 5.94. The molecule has 3 N–H and O–H groups in total. The maximum atomic E-state index is 11.6. The fraction of sp³-hybridized carbons (Fsp3) is 0.0833. The Labute approximate surface area is 92.9 Å². The fourth-order valence-electron chi connectivity index (χ4n) is 1.37. The van der Waals surface area contributed by atoms with Crippen molar-refractivity contribution in [1.82, 2.24) is 10.3 Å². The van der Waals surface area contributed by atoms with Gasteiger partial charge in [0.05, 0.1) is 0 Å². The number of phenolic OH excluding ortho intramolecular Hbond substituents is 1. The zero-order valence-electron chi connectivity index (χ0n) is 8.60. The summed E-state index contributed by atoms with van der Waals surface area (Å²) in [5, 5.41) is 11.9. The van der Waals surface area contributed by atoms with Crippen LogP contribution in [-0.2, 0) is 6.54 Å². The third kappa shape index (κ3) is 2.42. The second-order valence-electron chi connectivity index (χ2n) is 3.45. The van der Waals surface area contributed by atoms with Crippen molar-refractivity contribution in [2.75, 3.05) is 0 Å². The number of hydrogen-bond acceptors (Lipinski definition) is 2. The fourth-order valence-corrected chi connectivity index (χ4v) is 1.37. The van der Waals surface area contributed by atoms with Gasteiger partial charge in [0.1, 0.15) is 5.75 Å². The summed E-state index contributed by atoms with van der Waals surface area (Å²) < 4.78 is 0. The van der Waals surface area contributed by atoms with E-state index in [1.165, 1.54) is 12.1 Å². The lowest BCUT2D eigenvalue weighted by Crippen LogP contribution is -2.22. The molecule has 2 rings (SSSR count). The van der Waals surface area contributed by atoms with Crippen molar-refractivity contribution in [2.24, 2.45) is 0 Å². The van der Waals surface area contributed by atoms with Crippen LogP contribution in [0.3, 0.4) is 0 Å². The lowest BCUT2D eigenvalue weighted by atomic mass is 10.2. The summed E-state index contributed by atoms with van der Waals surface area (Å²) in [5.74, 6) is 0.00313. The number of aromatic nitrogens is 1. The molecule has 2 aromatic rings. The van der Waals surface area contributed by atoms with Crippen LogP contribution < -0.4 is 5.32 Å². The molecule has 0 radical (unpaired) electrons. The Balaban J connectivity index is 1.95. The van der Waals surface area contributed by atoms with Crippen molar-refractivity contribution in [3.8, 4) is 5.75 Å². The number of aromatic hydroxyl groups is 1. The van der Waals surface area contributed by atoms with E-state index in [4.69, 9.17) is 5.11 Å². The molecule has 1 amide bonds. The zero-order valence-corrected chi connectivity index (χ0v) is 8.60. The Morgan fingerprint density at radius 3 is 2.62 bits per heavy atom. The van der Waals surface area contributed by atoms with Crippen LogP contribution in [0.25, 0.3) is 0 Å². The SMILES string of the molecule is O=C(NCc1cc[nH]c1)c1ccc(O)cc1. The van der Waals surface area contributed by atoms with Crippen molar-refractivity contribution in [2.45, 2.75) is 6.54 Å². The third-order valence-electron chi connectivity index (χ3n) is 2.24. The van der Waals surface area contributed by atoms with Crippen LogP contribution in [0.5, 0.6) is 5.75 Å². The van der Waals surface area contributed by atoms with Crippen molar-refractivity contribution in [1.29, 1.82) is 0 Å². The van der Waals surface area contributed by atoms with Crippen LogP contribution in [0, 0.1) is 0 Å². The minimum Gasteiger partial charge on any atom is -0.508 e. The van der Waals surface area contributed by atoms with Gasteiger partial charge in [-0.3, -0.25) is 4.79 Å². The van der Waals surface area contributed by atoms with Gasteiger partial charge in [0.2, 0.25) is 0 Å². The average molecular weight is 216 g/mol. The van der Waals surface area contributed by atoms with E-state index in [-0.39, 0.29) is 11.7 Å². The summed E-state index contributed by atoms with van der Waals surface area (Å²) in [4.78, 5) is 14.6. The molecular formula is C12H12N2O2. The van der Waals surface area contributed by atoms with Gasteiger partial charge in [-0.05, 0) is 35.9 Å². The summed E-state index contributed by atoms with van der Waals surface area (Å²) in [5.41, 5.74) is 1.56. The van der Waals surface area contributed by atoms with E-state index in [1.807, 2.05) is 18.5 Å². The highest BCUT2D eigenvalue weighted by Crippen LogP contribution is 2.09. The minimum atomic E-state index is -0.152. The molecule has 0 saturated heterocycles. The number of H-pyrrole nitrogens is 1. The molecule has 1 aromatic heterocycles. The van der Waals surface area contributed by atoms with Gasteiger partial charge >= 0.3 is 0 Å². The van der Waals surface area contributed by atoms with Gasteiger partial charge in [-0.15, -0.1) is 0 Å². The first-order chi connectivity index (χ1) is 7.75. The highest BCUT2D eigenvalue weighted by Gasteiger charge is 2.04. The monoisotopic (exact) mass is 216 g/mol. The second kappa shape index (κ2) is 4.53. The number of aromatic amines is 1. The van der Waals surface area contributed by atoms with Crippen LogP contribution in [0.1, 0.15) is 15.9 Å². The molecule has 0 spiro atoms. The predicted molar refractivity (Wildman–Crippen MR) is 60.1 cm³/mol. The van der Waals surface area contributed by atoms with Crippen molar-refractivity contribution in [3.05, 3.63) is 53.9 Å². The van der Waals surface area contributed by atoms with Gasteiger partial charge in [-0.25, -0.2) is 0 Å². The Morgan fingerprint density at radius 2 is 2.00 bits per heavy atom. The topological polar surface area (TPSA) is 65.1 Å². The number of nitrogens with one attached hydrogen (secondary N) is 2. The molecule has 0 aliphatic carbocycles. The largest absolute Gasteiger partial charge is 0.508 e. The normalized spacial score (nSPS) is 10.0. The molecule has 1 heterocycles. The van der Waals surface area contributed by atoms with E-state index >= 15 is 0 Å². The Hall–Kier alpha value is -2.23. The molecule has 0 unspecified atom stereocenters. The van der Waals surface area contributed by atoms with E-state index < -0.39 is 0 Å². The van der Waals surface area contributed by atoms with Crippen LogP contribution in [0.15, 0.2) is 42.7 Å². The predicted octanol–water partition coefficient (Wildman–Crippen LogP) is 1.65. The van der Waals surface area contributed by atoms with Crippen molar-refractivity contribution in [3.63, 3.8) is 0 Å². The molecule has 0 saturated carbocycles. The lowest BCUT2D eigenvalue weighted by Gasteiger charge is -2.03. The van der Waals surface area contributed by atoms with Gasteiger partial charge < -0.3 is 15.4 Å². The smallest absolute Gasteiger partial charge is 0.251 e. The molecule has 0 aliphatic heterocycles.